The Morgan fingerprint density at radius 2 is 1.85 bits per heavy atom. The second-order valence-electron chi connectivity index (χ2n) is 2.86. The highest BCUT2D eigenvalue weighted by Gasteiger charge is 2.33. The van der Waals surface area contributed by atoms with Crippen molar-refractivity contribution in [3.8, 4) is 0 Å². The van der Waals surface area contributed by atoms with Crippen LogP contribution in [0.25, 0.3) is 0 Å². The summed E-state index contributed by atoms with van der Waals surface area (Å²) in [5.74, 6) is -2.39. The van der Waals surface area contributed by atoms with Gasteiger partial charge in [0.1, 0.15) is 5.92 Å². The summed E-state index contributed by atoms with van der Waals surface area (Å²) >= 11 is 0. The predicted octanol–water partition coefficient (Wildman–Crippen LogP) is -0.348. The van der Waals surface area contributed by atoms with Crippen LogP contribution >= 0.6 is 0 Å². The van der Waals surface area contributed by atoms with E-state index in [1.807, 2.05) is 0 Å². The van der Waals surface area contributed by atoms with E-state index in [-0.39, 0.29) is 13.0 Å². The van der Waals surface area contributed by atoms with Crippen molar-refractivity contribution in [2.45, 2.75) is 12.8 Å². The Hall–Kier alpha value is -1.29. The Morgan fingerprint density at radius 3 is 2.31 bits per heavy atom. The Labute approximate surface area is 75.2 Å². The van der Waals surface area contributed by atoms with Crippen molar-refractivity contribution in [1.29, 1.82) is 0 Å². The summed E-state index contributed by atoms with van der Waals surface area (Å²) in [5.41, 5.74) is 0. The van der Waals surface area contributed by atoms with Gasteiger partial charge in [-0.25, -0.2) is 0 Å². The average Bonchev–Trinajstić information content (AvgIpc) is 2.42. The van der Waals surface area contributed by atoms with Gasteiger partial charge in [-0.2, -0.15) is 0 Å². The molecular weight excluding hydrogens is 172 g/mol. The third-order valence-corrected chi connectivity index (χ3v) is 1.88. The number of carbonyl (C=O) groups is 3. The molecule has 70 valence electrons. The van der Waals surface area contributed by atoms with Gasteiger partial charge >= 0.3 is 0 Å². The topological polar surface area (TPSA) is 71.4 Å². The van der Waals surface area contributed by atoms with Gasteiger partial charge in [-0.15, -0.1) is 0 Å². The van der Waals surface area contributed by atoms with Crippen LogP contribution in [-0.2, 0) is 14.4 Å². The monoisotopic (exact) mass is 182 g/mol. The van der Waals surface area contributed by atoms with Crippen molar-refractivity contribution in [1.82, 2.24) is 0 Å². The van der Waals surface area contributed by atoms with Gasteiger partial charge in [-0.05, 0) is 18.6 Å². The lowest BCUT2D eigenvalue weighted by molar-refractivity contribution is -0.135. The minimum Gasteiger partial charge on any atom is -0.396 e. The average molecular weight is 182 g/mol. The van der Waals surface area contributed by atoms with E-state index in [9.17, 15) is 14.4 Å². The van der Waals surface area contributed by atoms with E-state index in [0.717, 1.165) is 12.2 Å². The van der Waals surface area contributed by atoms with Crippen LogP contribution in [0.2, 0.25) is 0 Å². The number of rotatable bonds is 4. The zero-order valence-corrected chi connectivity index (χ0v) is 7.03. The van der Waals surface area contributed by atoms with Crippen molar-refractivity contribution >= 4 is 17.3 Å². The number of aliphatic hydroxyl groups excluding tert-OH is 1. The molecule has 0 aromatic heterocycles. The predicted molar refractivity (Wildman–Crippen MR) is 44.0 cm³/mol. The molecule has 0 saturated carbocycles. The first-order chi connectivity index (χ1) is 6.16. The van der Waals surface area contributed by atoms with Crippen LogP contribution in [0.15, 0.2) is 12.2 Å². The quantitative estimate of drug-likeness (QED) is 0.603. The first-order valence-electron chi connectivity index (χ1n) is 4.06. The molecule has 0 aromatic rings. The lowest BCUT2D eigenvalue weighted by Gasteiger charge is -2.03. The number of allylic oxidation sites excluding steroid dienone is 2. The minimum atomic E-state index is -1.12. The van der Waals surface area contributed by atoms with Crippen LogP contribution in [0.1, 0.15) is 12.8 Å². The van der Waals surface area contributed by atoms with Gasteiger partial charge in [-0.1, -0.05) is 0 Å². The highest BCUT2D eigenvalue weighted by atomic mass is 16.3. The van der Waals surface area contributed by atoms with E-state index in [1.165, 1.54) is 0 Å². The number of hydrogen-bond acceptors (Lipinski definition) is 4. The molecular formula is C9H10O4. The van der Waals surface area contributed by atoms with Gasteiger partial charge in [0.15, 0.2) is 17.3 Å². The number of ketones is 3. The fraction of sp³-hybridized carbons (Fsp3) is 0.444. The maximum atomic E-state index is 11.2. The van der Waals surface area contributed by atoms with Crippen molar-refractivity contribution in [3.63, 3.8) is 0 Å². The molecule has 0 saturated heterocycles. The highest BCUT2D eigenvalue weighted by Crippen LogP contribution is 2.14. The summed E-state index contributed by atoms with van der Waals surface area (Å²) in [6, 6.07) is 0. The zero-order chi connectivity index (χ0) is 9.84. The van der Waals surface area contributed by atoms with Gasteiger partial charge in [0, 0.05) is 13.0 Å². The molecule has 1 aliphatic rings. The van der Waals surface area contributed by atoms with Crippen molar-refractivity contribution in [2.75, 3.05) is 6.61 Å². The van der Waals surface area contributed by atoms with Gasteiger partial charge < -0.3 is 5.11 Å². The number of aliphatic hydroxyl groups is 1. The van der Waals surface area contributed by atoms with E-state index in [1.54, 1.807) is 0 Å². The molecule has 4 heteroatoms. The Bertz CT molecular complexity index is 259. The lowest BCUT2D eigenvalue weighted by atomic mass is 9.96. The van der Waals surface area contributed by atoms with Gasteiger partial charge in [-0.3, -0.25) is 14.4 Å². The standard InChI is InChI=1S/C9H10O4/c10-5-1-2-6(11)9-7(12)3-4-8(9)13/h3-4,9-10H,1-2,5H2. The first kappa shape index (κ1) is 9.80. The van der Waals surface area contributed by atoms with Crippen molar-refractivity contribution < 1.29 is 19.5 Å². The van der Waals surface area contributed by atoms with Crippen molar-refractivity contribution in [3.05, 3.63) is 12.2 Å². The van der Waals surface area contributed by atoms with Crippen LogP contribution in [0.5, 0.6) is 0 Å². The fourth-order valence-electron chi connectivity index (χ4n) is 1.21. The number of Topliss-reactive ketones (excluding diaryl/α,β-unsaturated/α-hetero) is 1. The summed E-state index contributed by atoms with van der Waals surface area (Å²) in [7, 11) is 0. The highest BCUT2D eigenvalue weighted by molar-refractivity contribution is 6.30. The molecule has 0 aliphatic heterocycles. The molecule has 0 unspecified atom stereocenters. The van der Waals surface area contributed by atoms with Gasteiger partial charge in [0.05, 0.1) is 0 Å². The summed E-state index contributed by atoms with van der Waals surface area (Å²) in [4.78, 5) is 33.2. The molecule has 0 spiro atoms. The van der Waals surface area contributed by atoms with Crippen LogP contribution in [0, 0.1) is 5.92 Å². The summed E-state index contributed by atoms with van der Waals surface area (Å²) in [6.45, 7) is -0.103. The van der Waals surface area contributed by atoms with E-state index in [4.69, 9.17) is 5.11 Å². The molecule has 0 atom stereocenters. The Balaban J connectivity index is 2.57. The van der Waals surface area contributed by atoms with E-state index in [0.29, 0.717) is 6.42 Å². The third-order valence-electron chi connectivity index (χ3n) is 1.88. The second kappa shape index (κ2) is 4.09. The zero-order valence-electron chi connectivity index (χ0n) is 7.03. The third kappa shape index (κ3) is 2.09. The number of carbonyl (C=O) groups excluding carboxylic acids is 3. The Morgan fingerprint density at radius 1 is 1.31 bits per heavy atom. The molecule has 1 aliphatic carbocycles. The molecule has 0 radical (unpaired) electrons. The van der Waals surface area contributed by atoms with Gasteiger partial charge in [0.25, 0.3) is 0 Å². The largest absolute Gasteiger partial charge is 0.396 e. The van der Waals surface area contributed by atoms with E-state index in [2.05, 4.69) is 0 Å². The van der Waals surface area contributed by atoms with E-state index < -0.39 is 23.3 Å². The smallest absolute Gasteiger partial charge is 0.174 e. The summed E-state index contributed by atoms with van der Waals surface area (Å²) in [6.07, 6.45) is 2.64. The molecule has 1 rings (SSSR count). The molecule has 1 N–H and O–H groups in total. The van der Waals surface area contributed by atoms with E-state index >= 15 is 0 Å². The molecule has 0 aromatic carbocycles. The maximum absolute atomic E-state index is 11.2. The fourth-order valence-corrected chi connectivity index (χ4v) is 1.21. The van der Waals surface area contributed by atoms with Crippen LogP contribution < -0.4 is 0 Å². The second-order valence-corrected chi connectivity index (χ2v) is 2.86. The molecule has 13 heavy (non-hydrogen) atoms. The maximum Gasteiger partial charge on any atom is 0.174 e. The lowest BCUT2D eigenvalue weighted by Crippen LogP contribution is -2.25. The van der Waals surface area contributed by atoms with Crippen molar-refractivity contribution in [2.24, 2.45) is 5.92 Å². The molecule has 0 amide bonds. The SMILES string of the molecule is O=C1C=CC(=O)C1C(=O)CCCO. The first-order valence-corrected chi connectivity index (χ1v) is 4.06. The minimum absolute atomic E-state index is 0.0837. The van der Waals surface area contributed by atoms with Crippen LogP contribution in [0.4, 0.5) is 0 Å². The van der Waals surface area contributed by atoms with Crippen LogP contribution in [0.3, 0.4) is 0 Å². The molecule has 4 nitrogen and oxygen atoms in total. The van der Waals surface area contributed by atoms with Gasteiger partial charge in [0.2, 0.25) is 0 Å². The summed E-state index contributed by atoms with van der Waals surface area (Å²) in [5, 5.41) is 8.45. The molecule has 0 bridgehead atoms. The number of hydrogen-bond donors (Lipinski definition) is 1. The molecule has 0 heterocycles. The summed E-state index contributed by atoms with van der Waals surface area (Å²) < 4.78 is 0. The van der Waals surface area contributed by atoms with Crippen LogP contribution in [-0.4, -0.2) is 29.1 Å². The Kier molecular flexibility index (Phi) is 3.08. The molecule has 0 fully saturated rings. The normalized spacial score (nSPS) is 17.0.